The molecule has 1 aliphatic carbocycles. The summed E-state index contributed by atoms with van der Waals surface area (Å²) in [6.45, 7) is 0.290. The summed E-state index contributed by atoms with van der Waals surface area (Å²) in [7, 11) is -2.37. The monoisotopic (exact) mass is 471 g/mol. The normalized spacial score (nSPS) is 17.4. The van der Waals surface area contributed by atoms with Gasteiger partial charge in [-0.2, -0.15) is 0 Å². The highest BCUT2D eigenvalue weighted by Gasteiger charge is 2.42. The maximum atomic E-state index is 14.0. The second kappa shape index (κ2) is 7.60. The van der Waals surface area contributed by atoms with Crippen molar-refractivity contribution in [2.45, 2.75) is 11.3 Å². The molecule has 6 rings (SSSR count). The number of nitrogens with zero attached hydrogens (tertiary/aromatic N) is 1. The Labute approximate surface area is 197 Å². The van der Waals surface area contributed by atoms with Crippen LogP contribution in [-0.4, -0.2) is 32.1 Å². The summed E-state index contributed by atoms with van der Waals surface area (Å²) >= 11 is 0. The van der Waals surface area contributed by atoms with Gasteiger partial charge in [-0.3, -0.25) is 0 Å². The maximum Gasteiger partial charge on any atom is 0.335 e. The molecule has 0 N–H and O–H groups in total. The number of hydrogen-bond acceptors (Lipinski definition) is 5. The van der Waals surface area contributed by atoms with Crippen molar-refractivity contribution in [3.8, 4) is 5.75 Å². The fourth-order valence-electron chi connectivity index (χ4n) is 5.08. The van der Waals surface area contributed by atoms with Gasteiger partial charge in [-0.15, -0.1) is 0 Å². The molecule has 3 aromatic carbocycles. The van der Waals surface area contributed by atoms with Gasteiger partial charge in [0.1, 0.15) is 5.75 Å². The van der Waals surface area contributed by atoms with E-state index in [1.165, 1.54) is 3.97 Å². The molecule has 0 bridgehead atoms. The zero-order valence-corrected chi connectivity index (χ0v) is 19.2. The van der Waals surface area contributed by atoms with Crippen LogP contribution in [0, 0.1) is 5.92 Å². The first-order valence-corrected chi connectivity index (χ1v) is 12.4. The van der Waals surface area contributed by atoms with Gasteiger partial charge in [0, 0.05) is 16.9 Å². The number of cyclic esters (lactones) is 1. The van der Waals surface area contributed by atoms with Crippen LogP contribution in [0.1, 0.15) is 16.8 Å². The Morgan fingerprint density at radius 2 is 1.65 bits per heavy atom. The minimum atomic E-state index is -3.96. The number of fused-ring (bicyclic) bond motifs is 4. The first-order chi connectivity index (χ1) is 16.5. The van der Waals surface area contributed by atoms with Crippen molar-refractivity contribution < 1.29 is 22.7 Å². The first kappa shape index (κ1) is 20.7. The molecule has 0 radical (unpaired) electrons. The fourth-order valence-corrected chi connectivity index (χ4v) is 6.65. The third-order valence-electron chi connectivity index (χ3n) is 6.60. The molecule has 1 fully saturated rings. The standard InChI is InChI=1S/C27H21NO5S/c1-32-19-13-11-17(12-14-19)24-25-18(16-33-27(25)29)15-22-21-9-5-6-10-23(21)28(26(22)24)34(30,31)20-7-3-2-4-8-20/h2-14,18H,15-16H2,1H3. The number of aromatic nitrogens is 1. The molecule has 34 heavy (non-hydrogen) atoms. The van der Waals surface area contributed by atoms with Crippen LogP contribution in [-0.2, 0) is 26.0 Å². The van der Waals surface area contributed by atoms with E-state index in [0.717, 1.165) is 16.5 Å². The van der Waals surface area contributed by atoms with Crippen LogP contribution < -0.4 is 4.74 Å². The van der Waals surface area contributed by atoms with Gasteiger partial charge < -0.3 is 9.47 Å². The third kappa shape index (κ3) is 2.93. The number of carbonyl (C=O) groups is 1. The Morgan fingerprint density at radius 1 is 0.941 bits per heavy atom. The van der Waals surface area contributed by atoms with E-state index in [2.05, 4.69) is 0 Å². The lowest BCUT2D eigenvalue weighted by Crippen LogP contribution is -2.22. The van der Waals surface area contributed by atoms with E-state index < -0.39 is 16.0 Å². The Balaban J connectivity index is 1.74. The Bertz CT molecular complexity index is 1580. The molecule has 1 unspecified atom stereocenters. The Kier molecular flexibility index (Phi) is 4.64. The second-order valence-electron chi connectivity index (χ2n) is 8.44. The van der Waals surface area contributed by atoms with Crippen molar-refractivity contribution in [2.75, 3.05) is 13.7 Å². The lowest BCUT2D eigenvalue weighted by atomic mass is 9.80. The summed E-state index contributed by atoms with van der Waals surface area (Å²) in [5.74, 6) is 0.152. The average molecular weight is 472 g/mol. The first-order valence-electron chi connectivity index (χ1n) is 11.0. The van der Waals surface area contributed by atoms with Crippen molar-refractivity contribution in [1.29, 1.82) is 0 Å². The van der Waals surface area contributed by atoms with Crippen LogP contribution in [0.5, 0.6) is 5.75 Å². The topological polar surface area (TPSA) is 74.6 Å². The lowest BCUT2D eigenvalue weighted by molar-refractivity contribution is -0.135. The number of methoxy groups -OCH3 is 1. The van der Waals surface area contributed by atoms with Gasteiger partial charge in [0.15, 0.2) is 0 Å². The average Bonchev–Trinajstić information content (AvgIpc) is 3.41. The molecule has 4 aromatic rings. The summed E-state index contributed by atoms with van der Waals surface area (Å²) in [5, 5.41) is 0.862. The minimum absolute atomic E-state index is 0.129. The summed E-state index contributed by atoms with van der Waals surface area (Å²) in [6, 6.07) is 23.2. The molecule has 1 saturated heterocycles. The van der Waals surface area contributed by atoms with Crippen molar-refractivity contribution in [3.05, 3.63) is 101 Å². The SMILES string of the molecule is COc1ccc(C2=C3C(=O)OCC3Cc3c2n(S(=O)(=O)c2ccccc2)c2ccccc32)cc1. The van der Waals surface area contributed by atoms with Crippen molar-refractivity contribution in [1.82, 2.24) is 3.97 Å². The molecule has 0 spiro atoms. The van der Waals surface area contributed by atoms with Gasteiger partial charge >= 0.3 is 5.97 Å². The number of carbonyl (C=O) groups excluding carboxylic acids is 1. The molecule has 2 heterocycles. The molecule has 2 aliphatic rings. The van der Waals surface area contributed by atoms with E-state index in [4.69, 9.17) is 9.47 Å². The quantitative estimate of drug-likeness (QED) is 0.412. The number of hydrogen-bond donors (Lipinski definition) is 0. The summed E-state index contributed by atoms with van der Waals surface area (Å²) < 4.78 is 40.2. The Morgan fingerprint density at radius 3 is 2.38 bits per heavy atom. The smallest absolute Gasteiger partial charge is 0.335 e. The minimum Gasteiger partial charge on any atom is -0.497 e. The van der Waals surface area contributed by atoms with Crippen LogP contribution in [0.4, 0.5) is 0 Å². The largest absolute Gasteiger partial charge is 0.497 e. The van der Waals surface area contributed by atoms with Crippen molar-refractivity contribution >= 4 is 32.5 Å². The highest BCUT2D eigenvalue weighted by Crippen LogP contribution is 2.47. The third-order valence-corrected chi connectivity index (χ3v) is 8.33. The molecule has 1 aromatic heterocycles. The molecule has 1 atom stereocenters. The molecule has 6 nitrogen and oxygen atoms in total. The van der Waals surface area contributed by atoms with Crippen LogP contribution in [0.2, 0.25) is 0 Å². The molecule has 0 amide bonds. The van der Waals surface area contributed by atoms with Crippen LogP contribution in [0.15, 0.2) is 89.3 Å². The van der Waals surface area contributed by atoms with Gasteiger partial charge in [-0.25, -0.2) is 17.2 Å². The van der Waals surface area contributed by atoms with Crippen molar-refractivity contribution in [2.24, 2.45) is 5.92 Å². The summed E-state index contributed by atoms with van der Waals surface area (Å²) in [5.41, 5.74) is 3.91. The fraction of sp³-hybridized carbons (Fsp3) is 0.148. The number of esters is 1. The zero-order valence-electron chi connectivity index (χ0n) is 18.4. The number of rotatable bonds is 4. The van der Waals surface area contributed by atoms with Gasteiger partial charge in [-0.05, 0) is 47.9 Å². The number of benzene rings is 3. The van der Waals surface area contributed by atoms with Crippen molar-refractivity contribution in [3.63, 3.8) is 0 Å². The zero-order chi connectivity index (χ0) is 23.4. The van der Waals surface area contributed by atoms with Crippen LogP contribution >= 0.6 is 0 Å². The molecule has 0 saturated carbocycles. The Hall–Kier alpha value is -3.84. The van der Waals surface area contributed by atoms with E-state index in [9.17, 15) is 13.2 Å². The summed E-state index contributed by atoms with van der Waals surface area (Å²) in [4.78, 5) is 13.1. The van der Waals surface area contributed by atoms with Gasteiger partial charge in [-0.1, -0.05) is 48.5 Å². The second-order valence-corrected chi connectivity index (χ2v) is 10.2. The molecule has 7 heteroatoms. The molecular formula is C27H21NO5S. The number of ether oxygens (including phenoxy) is 2. The maximum absolute atomic E-state index is 14.0. The lowest BCUT2D eigenvalue weighted by Gasteiger charge is -2.24. The predicted octanol–water partition coefficient (Wildman–Crippen LogP) is 4.42. The van der Waals surface area contributed by atoms with E-state index in [0.29, 0.717) is 34.5 Å². The van der Waals surface area contributed by atoms with Gasteiger partial charge in [0.05, 0.1) is 35.4 Å². The van der Waals surface area contributed by atoms with Crippen LogP contribution in [0.25, 0.3) is 16.5 Å². The number of para-hydroxylation sites is 1. The molecular weight excluding hydrogens is 450 g/mol. The van der Waals surface area contributed by atoms with Gasteiger partial charge in [0.25, 0.3) is 10.0 Å². The highest BCUT2D eigenvalue weighted by molar-refractivity contribution is 7.90. The highest BCUT2D eigenvalue weighted by atomic mass is 32.2. The predicted molar refractivity (Wildman–Crippen MR) is 128 cm³/mol. The molecule has 170 valence electrons. The van der Waals surface area contributed by atoms with E-state index in [-0.39, 0.29) is 17.4 Å². The van der Waals surface area contributed by atoms with E-state index >= 15 is 0 Å². The summed E-state index contributed by atoms with van der Waals surface area (Å²) in [6.07, 6.45) is 0.536. The molecule has 1 aliphatic heterocycles. The van der Waals surface area contributed by atoms with Crippen LogP contribution in [0.3, 0.4) is 0 Å². The van der Waals surface area contributed by atoms with Gasteiger partial charge in [0.2, 0.25) is 0 Å². The van der Waals surface area contributed by atoms with E-state index in [1.807, 2.05) is 48.5 Å². The van der Waals surface area contributed by atoms with E-state index in [1.54, 1.807) is 37.4 Å².